The van der Waals surface area contributed by atoms with E-state index in [0.717, 1.165) is 38.3 Å². The molecule has 116 valence electrons. The SMILES string of the molecule is CC(C)(C)N1CCN(CC(=O)c2c(F)cccc2F)CC1. The molecule has 1 aliphatic rings. The molecule has 0 atom stereocenters. The first-order valence-corrected chi connectivity index (χ1v) is 7.23. The van der Waals surface area contributed by atoms with E-state index in [4.69, 9.17) is 0 Å². The van der Waals surface area contributed by atoms with Gasteiger partial charge in [-0.3, -0.25) is 14.6 Å². The highest BCUT2D eigenvalue weighted by molar-refractivity contribution is 5.98. The minimum Gasteiger partial charge on any atom is -0.296 e. The molecule has 21 heavy (non-hydrogen) atoms. The summed E-state index contributed by atoms with van der Waals surface area (Å²) in [4.78, 5) is 16.4. The molecule has 0 bridgehead atoms. The number of ketones is 1. The predicted octanol–water partition coefficient (Wildman–Crippen LogP) is 2.56. The van der Waals surface area contributed by atoms with Gasteiger partial charge in [-0.1, -0.05) is 6.07 Å². The molecule has 0 saturated carbocycles. The summed E-state index contributed by atoms with van der Waals surface area (Å²) in [6.07, 6.45) is 0. The summed E-state index contributed by atoms with van der Waals surface area (Å²) in [5, 5.41) is 0. The Morgan fingerprint density at radius 2 is 1.62 bits per heavy atom. The van der Waals surface area contributed by atoms with Gasteiger partial charge in [0.2, 0.25) is 0 Å². The van der Waals surface area contributed by atoms with Crippen LogP contribution < -0.4 is 0 Å². The Labute approximate surface area is 124 Å². The lowest BCUT2D eigenvalue weighted by Crippen LogP contribution is -2.54. The summed E-state index contributed by atoms with van der Waals surface area (Å²) in [7, 11) is 0. The molecule has 1 aliphatic heterocycles. The molecule has 0 amide bonds. The molecule has 0 radical (unpaired) electrons. The highest BCUT2D eigenvalue weighted by Gasteiger charge is 2.27. The normalized spacial score (nSPS) is 18.0. The molecule has 1 heterocycles. The fourth-order valence-corrected chi connectivity index (χ4v) is 2.62. The van der Waals surface area contributed by atoms with Crippen molar-refractivity contribution in [3.8, 4) is 0 Å². The van der Waals surface area contributed by atoms with Gasteiger partial charge in [0.1, 0.15) is 11.6 Å². The lowest BCUT2D eigenvalue weighted by atomic mass is 10.0. The number of nitrogens with zero attached hydrogens (tertiary/aromatic N) is 2. The van der Waals surface area contributed by atoms with Gasteiger partial charge in [0, 0.05) is 31.7 Å². The summed E-state index contributed by atoms with van der Waals surface area (Å²) in [6.45, 7) is 9.72. The van der Waals surface area contributed by atoms with Crippen LogP contribution in [0.3, 0.4) is 0 Å². The standard InChI is InChI=1S/C16H22F2N2O/c1-16(2,3)20-9-7-19(8-10-20)11-14(21)15-12(17)5-4-6-13(15)18/h4-6H,7-11H2,1-3H3. The lowest BCUT2D eigenvalue weighted by molar-refractivity contribution is 0.0576. The van der Waals surface area contributed by atoms with Crippen molar-refractivity contribution in [1.29, 1.82) is 0 Å². The van der Waals surface area contributed by atoms with E-state index in [1.807, 2.05) is 4.90 Å². The van der Waals surface area contributed by atoms with Crippen LogP contribution in [0.2, 0.25) is 0 Å². The average molecular weight is 296 g/mol. The molecule has 5 heteroatoms. The topological polar surface area (TPSA) is 23.6 Å². The molecule has 1 saturated heterocycles. The van der Waals surface area contributed by atoms with Crippen LogP contribution >= 0.6 is 0 Å². The molecule has 1 fully saturated rings. The molecule has 0 aliphatic carbocycles. The number of carbonyl (C=O) groups excluding carboxylic acids is 1. The van der Waals surface area contributed by atoms with Gasteiger partial charge in [0.15, 0.2) is 5.78 Å². The van der Waals surface area contributed by atoms with Crippen molar-refractivity contribution in [1.82, 2.24) is 9.80 Å². The van der Waals surface area contributed by atoms with Gasteiger partial charge < -0.3 is 0 Å². The fourth-order valence-electron chi connectivity index (χ4n) is 2.62. The van der Waals surface area contributed by atoms with E-state index in [1.165, 1.54) is 6.07 Å². The second-order valence-corrected chi connectivity index (χ2v) is 6.45. The fraction of sp³-hybridized carbons (Fsp3) is 0.562. The zero-order valence-electron chi connectivity index (χ0n) is 12.8. The molecule has 0 unspecified atom stereocenters. The van der Waals surface area contributed by atoms with E-state index in [9.17, 15) is 13.6 Å². The Balaban J connectivity index is 1.96. The monoisotopic (exact) mass is 296 g/mol. The quantitative estimate of drug-likeness (QED) is 0.801. The van der Waals surface area contributed by atoms with E-state index in [2.05, 4.69) is 25.7 Å². The first-order valence-electron chi connectivity index (χ1n) is 7.23. The molecule has 0 spiro atoms. The van der Waals surface area contributed by atoms with Crippen LogP contribution in [-0.4, -0.2) is 53.8 Å². The summed E-state index contributed by atoms with van der Waals surface area (Å²) in [5.74, 6) is -2.06. The largest absolute Gasteiger partial charge is 0.296 e. The van der Waals surface area contributed by atoms with Crippen LogP contribution in [0.4, 0.5) is 8.78 Å². The zero-order chi connectivity index (χ0) is 15.6. The highest BCUT2D eigenvalue weighted by atomic mass is 19.1. The van der Waals surface area contributed by atoms with Crippen molar-refractivity contribution in [2.75, 3.05) is 32.7 Å². The smallest absolute Gasteiger partial charge is 0.182 e. The van der Waals surface area contributed by atoms with Gasteiger partial charge in [0.25, 0.3) is 0 Å². The number of piperazine rings is 1. The predicted molar refractivity (Wildman–Crippen MR) is 78.5 cm³/mol. The van der Waals surface area contributed by atoms with Crippen molar-refractivity contribution in [3.05, 3.63) is 35.4 Å². The van der Waals surface area contributed by atoms with Crippen molar-refractivity contribution in [3.63, 3.8) is 0 Å². The molecule has 0 N–H and O–H groups in total. The summed E-state index contributed by atoms with van der Waals surface area (Å²) in [6, 6.07) is 3.51. The van der Waals surface area contributed by atoms with Gasteiger partial charge in [-0.25, -0.2) is 8.78 Å². The second kappa shape index (κ2) is 6.20. The van der Waals surface area contributed by atoms with Crippen LogP contribution in [0.1, 0.15) is 31.1 Å². The van der Waals surface area contributed by atoms with Crippen LogP contribution in [0.25, 0.3) is 0 Å². The van der Waals surface area contributed by atoms with Crippen LogP contribution in [0.5, 0.6) is 0 Å². The molecule has 2 rings (SSSR count). The number of carbonyl (C=O) groups is 1. The van der Waals surface area contributed by atoms with E-state index in [-0.39, 0.29) is 12.1 Å². The Morgan fingerprint density at radius 1 is 1.10 bits per heavy atom. The van der Waals surface area contributed by atoms with Crippen molar-refractivity contribution >= 4 is 5.78 Å². The third-order valence-corrected chi connectivity index (χ3v) is 3.93. The van der Waals surface area contributed by atoms with E-state index >= 15 is 0 Å². The summed E-state index contributed by atoms with van der Waals surface area (Å²) in [5.41, 5.74) is -0.316. The maximum absolute atomic E-state index is 13.6. The molecule has 3 nitrogen and oxygen atoms in total. The lowest BCUT2D eigenvalue weighted by Gasteiger charge is -2.42. The summed E-state index contributed by atoms with van der Waals surface area (Å²) < 4.78 is 27.2. The Kier molecular flexibility index (Phi) is 4.74. The number of halogens is 2. The molecule has 1 aromatic carbocycles. The van der Waals surface area contributed by atoms with Gasteiger partial charge in [-0.15, -0.1) is 0 Å². The molecular formula is C16H22F2N2O. The molecule has 0 aromatic heterocycles. The number of rotatable bonds is 3. The van der Waals surface area contributed by atoms with Gasteiger partial charge >= 0.3 is 0 Å². The number of Topliss-reactive ketones (excluding diaryl/α,β-unsaturated/α-hetero) is 1. The van der Waals surface area contributed by atoms with Crippen LogP contribution in [0.15, 0.2) is 18.2 Å². The number of benzene rings is 1. The van der Waals surface area contributed by atoms with Crippen molar-refractivity contribution < 1.29 is 13.6 Å². The third kappa shape index (κ3) is 3.86. The minimum absolute atomic E-state index is 0.0653. The number of hydrogen-bond donors (Lipinski definition) is 0. The average Bonchev–Trinajstić information content (AvgIpc) is 2.38. The maximum atomic E-state index is 13.6. The van der Waals surface area contributed by atoms with Gasteiger partial charge in [0.05, 0.1) is 12.1 Å². The Bertz CT molecular complexity index is 497. The molecular weight excluding hydrogens is 274 g/mol. The van der Waals surface area contributed by atoms with E-state index in [1.54, 1.807) is 0 Å². The molecule has 1 aromatic rings. The Morgan fingerprint density at radius 3 is 2.10 bits per heavy atom. The van der Waals surface area contributed by atoms with E-state index in [0.29, 0.717) is 0 Å². The van der Waals surface area contributed by atoms with Crippen molar-refractivity contribution in [2.24, 2.45) is 0 Å². The zero-order valence-corrected chi connectivity index (χ0v) is 12.8. The highest BCUT2D eigenvalue weighted by Crippen LogP contribution is 2.17. The van der Waals surface area contributed by atoms with Crippen LogP contribution in [-0.2, 0) is 0 Å². The Hall–Kier alpha value is -1.33. The van der Waals surface area contributed by atoms with Gasteiger partial charge in [-0.05, 0) is 32.9 Å². The van der Waals surface area contributed by atoms with E-state index < -0.39 is 23.0 Å². The first kappa shape index (κ1) is 16.0. The number of hydrogen-bond acceptors (Lipinski definition) is 3. The summed E-state index contributed by atoms with van der Waals surface area (Å²) >= 11 is 0. The third-order valence-electron chi connectivity index (χ3n) is 3.93. The minimum atomic E-state index is -0.784. The second-order valence-electron chi connectivity index (χ2n) is 6.45. The maximum Gasteiger partial charge on any atom is 0.182 e. The first-order chi connectivity index (χ1) is 9.79. The van der Waals surface area contributed by atoms with Gasteiger partial charge in [-0.2, -0.15) is 0 Å². The van der Waals surface area contributed by atoms with Crippen LogP contribution in [0, 0.1) is 11.6 Å². The van der Waals surface area contributed by atoms with Crippen molar-refractivity contribution in [2.45, 2.75) is 26.3 Å².